The summed E-state index contributed by atoms with van der Waals surface area (Å²) in [5.41, 5.74) is 0.575. The summed E-state index contributed by atoms with van der Waals surface area (Å²) in [6.45, 7) is 1.37. The van der Waals surface area contributed by atoms with E-state index in [4.69, 9.17) is 20.8 Å². The number of aliphatic hydroxyl groups excluding tert-OH is 1. The van der Waals surface area contributed by atoms with Crippen LogP contribution in [0.1, 0.15) is 23.2 Å². The Morgan fingerprint density at radius 3 is 2.76 bits per heavy atom. The third kappa shape index (κ3) is 3.39. The topological polar surface area (TPSA) is 62.9 Å². The second-order valence-corrected chi connectivity index (χ2v) is 7.33. The molecular formula is C19H20ClNO4. The molecule has 1 amide bonds. The number of ether oxygens (including phenoxy) is 1. The van der Waals surface area contributed by atoms with E-state index in [2.05, 4.69) is 0 Å². The van der Waals surface area contributed by atoms with Gasteiger partial charge in [-0.1, -0.05) is 17.7 Å². The molecule has 4 rings (SSSR count). The van der Waals surface area contributed by atoms with E-state index in [-0.39, 0.29) is 12.0 Å². The lowest BCUT2D eigenvalue weighted by Crippen LogP contribution is -2.42. The molecule has 0 radical (unpaired) electrons. The molecule has 2 aromatic rings. The lowest BCUT2D eigenvalue weighted by molar-refractivity contribution is -0.0231. The third-order valence-corrected chi connectivity index (χ3v) is 5.46. The number of carbonyl (C=O) groups excluding carboxylic acids is 1. The summed E-state index contributed by atoms with van der Waals surface area (Å²) in [6.07, 6.45) is 3.55. The van der Waals surface area contributed by atoms with E-state index in [9.17, 15) is 9.90 Å². The van der Waals surface area contributed by atoms with Crippen LogP contribution in [0.3, 0.4) is 0 Å². The largest absolute Gasteiger partial charge is 0.488 e. The van der Waals surface area contributed by atoms with Crippen LogP contribution in [0.15, 0.2) is 47.3 Å². The Morgan fingerprint density at radius 1 is 1.24 bits per heavy atom. The van der Waals surface area contributed by atoms with Crippen LogP contribution in [0, 0.1) is 11.8 Å². The fourth-order valence-corrected chi connectivity index (χ4v) is 4.15. The van der Waals surface area contributed by atoms with E-state index in [1.54, 1.807) is 18.2 Å². The minimum Gasteiger partial charge on any atom is -0.488 e. The molecular weight excluding hydrogens is 342 g/mol. The minimum atomic E-state index is -0.538. The highest BCUT2D eigenvalue weighted by Crippen LogP contribution is 2.38. The molecule has 0 bridgehead atoms. The SMILES string of the molecule is O=C(c1ccoc1)N1C[C@H]2C[C@@H](Oc3cccc(Cl)c3)[C@H](O)C[C@H]2C1. The summed E-state index contributed by atoms with van der Waals surface area (Å²) in [5, 5.41) is 11.1. The number of hydrogen-bond acceptors (Lipinski definition) is 4. The van der Waals surface area contributed by atoms with E-state index in [0.717, 1.165) is 6.42 Å². The standard InChI is InChI=1S/C19H20ClNO4/c20-15-2-1-3-16(8-15)25-18-7-14-10-21(9-13(14)6-17(18)22)19(23)12-4-5-24-11-12/h1-5,8,11,13-14,17-18,22H,6-7,9-10H2/t13-,14+,17+,18+/m0/s1. The molecule has 1 N–H and O–H groups in total. The molecule has 0 spiro atoms. The summed E-state index contributed by atoms with van der Waals surface area (Å²) in [4.78, 5) is 14.4. The molecule has 25 heavy (non-hydrogen) atoms. The van der Waals surface area contributed by atoms with Crippen LogP contribution in [-0.4, -0.2) is 41.2 Å². The predicted molar refractivity (Wildman–Crippen MR) is 92.7 cm³/mol. The zero-order valence-corrected chi connectivity index (χ0v) is 14.4. The van der Waals surface area contributed by atoms with Crippen molar-refractivity contribution >= 4 is 17.5 Å². The molecule has 1 aromatic heterocycles. The van der Waals surface area contributed by atoms with Crippen molar-refractivity contribution in [3.63, 3.8) is 0 Å². The Morgan fingerprint density at radius 2 is 2.04 bits per heavy atom. The molecule has 1 aliphatic carbocycles. The van der Waals surface area contributed by atoms with Crippen molar-refractivity contribution in [3.05, 3.63) is 53.4 Å². The number of amides is 1. The van der Waals surface area contributed by atoms with Gasteiger partial charge in [0.25, 0.3) is 5.91 Å². The van der Waals surface area contributed by atoms with Gasteiger partial charge in [-0.05, 0) is 48.9 Å². The quantitative estimate of drug-likeness (QED) is 0.911. The maximum absolute atomic E-state index is 12.5. The summed E-state index contributed by atoms with van der Waals surface area (Å²) in [6, 6.07) is 8.90. The van der Waals surface area contributed by atoms with Gasteiger partial charge in [0, 0.05) is 18.1 Å². The van der Waals surface area contributed by atoms with Gasteiger partial charge >= 0.3 is 0 Å². The van der Waals surface area contributed by atoms with Crippen molar-refractivity contribution in [2.45, 2.75) is 25.0 Å². The van der Waals surface area contributed by atoms with Crippen LogP contribution in [-0.2, 0) is 0 Å². The number of furan rings is 1. The number of benzene rings is 1. The number of fused-ring (bicyclic) bond motifs is 1. The second-order valence-electron chi connectivity index (χ2n) is 6.89. The summed E-state index contributed by atoms with van der Waals surface area (Å²) in [7, 11) is 0. The Kier molecular flexibility index (Phi) is 4.44. The van der Waals surface area contributed by atoms with Crippen LogP contribution in [0.5, 0.6) is 5.75 Å². The Labute approximate surface area is 151 Å². The van der Waals surface area contributed by atoms with Crippen molar-refractivity contribution in [2.24, 2.45) is 11.8 Å². The maximum Gasteiger partial charge on any atom is 0.257 e. The van der Waals surface area contributed by atoms with Gasteiger partial charge in [-0.25, -0.2) is 0 Å². The van der Waals surface area contributed by atoms with E-state index < -0.39 is 6.10 Å². The van der Waals surface area contributed by atoms with Crippen molar-refractivity contribution in [2.75, 3.05) is 13.1 Å². The van der Waals surface area contributed by atoms with Gasteiger partial charge in [0.05, 0.1) is 17.9 Å². The molecule has 6 heteroatoms. The van der Waals surface area contributed by atoms with E-state index in [0.29, 0.717) is 47.7 Å². The lowest BCUT2D eigenvalue weighted by Gasteiger charge is -2.35. The molecule has 4 atom stereocenters. The highest BCUT2D eigenvalue weighted by molar-refractivity contribution is 6.30. The molecule has 2 heterocycles. The minimum absolute atomic E-state index is 0.00931. The summed E-state index contributed by atoms with van der Waals surface area (Å²) in [5.74, 6) is 1.30. The van der Waals surface area contributed by atoms with Crippen LogP contribution < -0.4 is 4.74 Å². The zero-order chi connectivity index (χ0) is 17.4. The molecule has 1 aliphatic heterocycles. The molecule has 1 saturated carbocycles. The van der Waals surface area contributed by atoms with Gasteiger partial charge in [0.15, 0.2) is 0 Å². The van der Waals surface area contributed by atoms with Crippen LogP contribution in [0.25, 0.3) is 0 Å². The monoisotopic (exact) mass is 361 g/mol. The molecule has 1 saturated heterocycles. The fraction of sp³-hybridized carbons (Fsp3) is 0.421. The van der Waals surface area contributed by atoms with E-state index in [1.807, 2.05) is 17.0 Å². The number of likely N-dealkylation sites (tertiary alicyclic amines) is 1. The average Bonchev–Trinajstić information content (AvgIpc) is 3.24. The first-order valence-electron chi connectivity index (χ1n) is 8.52. The van der Waals surface area contributed by atoms with E-state index in [1.165, 1.54) is 12.5 Å². The molecule has 5 nitrogen and oxygen atoms in total. The molecule has 0 unspecified atom stereocenters. The number of halogens is 1. The zero-order valence-electron chi connectivity index (χ0n) is 13.7. The number of nitrogens with zero attached hydrogens (tertiary/aromatic N) is 1. The van der Waals surface area contributed by atoms with Crippen LogP contribution >= 0.6 is 11.6 Å². The van der Waals surface area contributed by atoms with Crippen molar-refractivity contribution in [1.29, 1.82) is 0 Å². The van der Waals surface area contributed by atoms with Gasteiger partial charge in [-0.15, -0.1) is 0 Å². The number of hydrogen-bond donors (Lipinski definition) is 1. The number of aliphatic hydroxyl groups is 1. The van der Waals surface area contributed by atoms with E-state index >= 15 is 0 Å². The Bertz CT molecular complexity index is 748. The molecule has 132 valence electrons. The number of carbonyl (C=O) groups is 1. The Balaban J connectivity index is 1.42. The smallest absolute Gasteiger partial charge is 0.257 e. The van der Waals surface area contributed by atoms with Crippen LogP contribution in [0.4, 0.5) is 0 Å². The fourth-order valence-electron chi connectivity index (χ4n) is 3.97. The highest BCUT2D eigenvalue weighted by Gasteiger charge is 2.44. The highest BCUT2D eigenvalue weighted by atomic mass is 35.5. The summed E-state index contributed by atoms with van der Waals surface area (Å²) >= 11 is 6.00. The van der Waals surface area contributed by atoms with Crippen molar-refractivity contribution in [3.8, 4) is 5.75 Å². The molecule has 2 fully saturated rings. The van der Waals surface area contributed by atoms with Gasteiger partial charge in [0.2, 0.25) is 0 Å². The maximum atomic E-state index is 12.5. The first-order valence-corrected chi connectivity index (χ1v) is 8.89. The van der Waals surface area contributed by atoms with Crippen molar-refractivity contribution in [1.82, 2.24) is 4.90 Å². The third-order valence-electron chi connectivity index (χ3n) is 5.22. The second kappa shape index (κ2) is 6.73. The molecule has 2 aliphatic rings. The normalized spacial score (nSPS) is 28.6. The molecule has 1 aromatic carbocycles. The number of rotatable bonds is 3. The van der Waals surface area contributed by atoms with Gasteiger partial charge < -0.3 is 19.2 Å². The Hall–Kier alpha value is -1.98. The van der Waals surface area contributed by atoms with Gasteiger partial charge in [0.1, 0.15) is 18.1 Å². The summed E-state index contributed by atoms with van der Waals surface area (Å²) < 4.78 is 11.0. The van der Waals surface area contributed by atoms with Gasteiger partial charge in [-0.3, -0.25) is 4.79 Å². The van der Waals surface area contributed by atoms with Crippen molar-refractivity contribution < 1.29 is 19.1 Å². The van der Waals surface area contributed by atoms with Gasteiger partial charge in [-0.2, -0.15) is 0 Å². The van der Waals surface area contributed by atoms with Crippen LogP contribution in [0.2, 0.25) is 5.02 Å². The average molecular weight is 362 g/mol. The predicted octanol–water partition coefficient (Wildman–Crippen LogP) is 3.22. The first kappa shape index (κ1) is 16.5. The first-order chi connectivity index (χ1) is 12.1. The lowest BCUT2D eigenvalue weighted by atomic mass is 9.78.